The van der Waals surface area contributed by atoms with Gasteiger partial charge in [-0.05, 0) is 56.3 Å². The van der Waals surface area contributed by atoms with Crippen LogP contribution in [0.3, 0.4) is 0 Å². The van der Waals surface area contributed by atoms with Crippen LogP contribution in [0.1, 0.15) is 28.7 Å². The minimum Gasteiger partial charge on any atom is -0.130 e. The lowest BCUT2D eigenvalue weighted by molar-refractivity contribution is 0.670. The zero-order valence-electron chi connectivity index (χ0n) is 9.50. The van der Waals surface area contributed by atoms with Crippen LogP contribution in [0.4, 0.5) is 0 Å². The molecule has 1 aliphatic rings. The molecule has 1 saturated carbocycles. The number of rotatable bonds is 3. The fraction of sp³-hybridized carbons (Fsp3) is 0.286. The Bertz CT molecular complexity index is 541. The summed E-state index contributed by atoms with van der Waals surface area (Å²) in [6.07, 6.45) is 2.36. The first-order valence-corrected chi connectivity index (χ1v) is 8.62. The Hall–Kier alpha value is 0.170. The van der Waals surface area contributed by atoms with Gasteiger partial charge in [0.1, 0.15) is 0 Å². The van der Waals surface area contributed by atoms with E-state index in [9.17, 15) is 0 Å². The van der Waals surface area contributed by atoms with Crippen molar-refractivity contribution < 1.29 is 0 Å². The summed E-state index contributed by atoms with van der Waals surface area (Å²) in [5.41, 5.74) is 1.51. The number of halogens is 3. The molecule has 0 N–H and O–H groups in total. The first kappa shape index (κ1) is 13.2. The Morgan fingerprint density at radius 3 is 2.33 bits per heavy atom. The lowest BCUT2D eigenvalue weighted by atomic mass is 9.91. The summed E-state index contributed by atoms with van der Waals surface area (Å²) in [6.45, 7) is 0. The van der Waals surface area contributed by atoms with Crippen LogP contribution in [-0.4, -0.2) is 0 Å². The minimum atomic E-state index is 0.0625. The van der Waals surface area contributed by atoms with Gasteiger partial charge in [0.25, 0.3) is 0 Å². The van der Waals surface area contributed by atoms with E-state index < -0.39 is 0 Å². The summed E-state index contributed by atoms with van der Waals surface area (Å²) in [5, 5.41) is 0.0625. The van der Waals surface area contributed by atoms with Crippen LogP contribution in [0.15, 0.2) is 44.7 Å². The number of benzene rings is 1. The molecule has 0 amide bonds. The number of thiophene rings is 1. The molecule has 1 heterocycles. The van der Waals surface area contributed by atoms with Crippen LogP contribution in [0.25, 0.3) is 0 Å². The maximum absolute atomic E-state index is 6.75. The van der Waals surface area contributed by atoms with Gasteiger partial charge in [0, 0.05) is 14.8 Å². The summed E-state index contributed by atoms with van der Waals surface area (Å²) < 4.78 is 2.21. The zero-order valence-corrected chi connectivity index (χ0v) is 14.2. The highest BCUT2D eigenvalue weighted by Gasteiger charge is 2.51. The van der Waals surface area contributed by atoms with Crippen LogP contribution in [0.2, 0.25) is 0 Å². The van der Waals surface area contributed by atoms with E-state index >= 15 is 0 Å². The fourth-order valence-electron chi connectivity index (χ4n) is 2.35. The molecule has 1 fully saturated rings. The van der Waals surface area contributed by atoms with Gasteiger partial charge in [-0.1, -0.05) is 30.3 Å². The van der Waals surface area contributed by atoms with Crippen LogP contribution >= 0.6 is 54.8 Å². The predicted molar refractivity (Wildman–Crippen MR) is 85.7 cm³/mol. The van der Waals surface area contributed by atoms with E-state index in [1.807, 2.05) is 0 Å². The van der Waals surface area contributed by atoms with Crippen molar-refractivity contribution in [3.8, 4) is 0 Å². The van der Waals surface area contributed by atoms with Crippen molar-refractivity contribution in [2.45, 2.75) is 23.6 Å². The summed E-state index contributed by atoms with van der Waals surface area (Å²) in [7, 11) is 0. The second kappa shape index (κ2) is 4.93. The predicted octanol–water partition coefficient (Wildman–Crippen LogP) is 6.28. The van der Waals surface area contributed by atoms with E-state index in [0.29, 0.717) is 0 Å². The molecule has 2 aromatic rings. The molecule has 1 aromatic heterocycles. The molecule has 0 radical (unpaired) electrons. The second-order valence-electron chi connectivity index (χ2n) is 4.66. The third kappa shape index (κ3) is 2.20. The van der Waals surface area contributed by atoms with Crippen molar-refractivity contribution in [3.05, 3.63) is 55.1 Å². The van der Waals surface area contributed by atoms with Gasteiger partial charge < -0.3 is 0 Å². The molecule has 0 aliphatic heterocycles. The van der Waals surface area contributed by atoms with Gasteiger partial charge in [-0.2, -0.15) is 0 Å². The average molecular weight is 407 g/mol. The summed E-state index contributed by atoms with van der Waals surface area (Å²) in [4.78, 5) is 1.23. The fourth-order valence-corrected chi connectivity index (χ4v) is 5.08. The third-order valence-corrected chi connectivity index (χ3v) is 7.64. The van der Waals surface area contributed by atoms with Gasteiger partial charge in [0.05, 0.1) is 9.16 Å². The molecule has 1 unspecified atom stereocenters. The Morgan fingerprint density at radius 2 is 1.83 bits per heavy atom. The van der Waals surface area contributed by atoms with Gasteiger partial charge in [0.2, 0.25) is 0 Å². The van der Waals surface area contributed by atoms with Gasteiger partial charge in [0.15, 0.2) is 0 Å². The maximum atomic E-state index is 6.75. The molecular formula is C14H11Br2ClS. The first-order chi connectivity index (χ1) is 8.63. The number of hydrogen-bond acceptors (Lipinski definition) is 1. The number of hydrogen-bond donors (Lipinski definition) is 0. The van der Waals surface area contributed by atoms with Gasteiger partial charge in [-0.25, -0.2) is 0 Å². The van der Waals surface area contributed by atoms with E-state index in [2.05, 4.69) is 68.3 Å². The van der Waals surface area contributed by atoms with Crippen LogP contribution in [-0.2, 0) is 5.41 Å². The molecule has 1 aromatic carbocycles. The van der Waals surface area contributed by atoms with Gasteiger partial charge >= 0.3 is 0 Å². The smallest absolute Gasteiger partial charge is 0.0843 e. The molecule has 1 aliphatic carbocycles. The van der Waals surface area contributed by atoms with Crippen molar-refractivity contribution in [1.29, 1.82) is 0 Å². The van der Waals surface area contributed by atoms with E-state index in [0.717, 1.165) is 8.26 Å². The molecule has 94 valence electrons. The summed E-state index contributed by atoms with van der Waals surface area (Å²) in [6, 6.07) is 12.8. The largest absolute Gasteiger partial charge is 0.130 e. The Kier molecular flexibility index (Phi) is 3.61. The topological polar surface area (TPSA) is 0 Å². The molecule has 18 heavy (non-hydrogen) atoms. The third-order valence-electron chi connectivity index (χ3n) is 3.54. The van der Waals surface area contributed by atoms with Crippen LogP contribution < -0.4 is 0 Å². The highest BCUT2D eigenvalue weighted by atomic mass is 79.9. The van der Waals surface area contributed by atoms with E-state index in [1.54, 1.807) is 11.3 Å². The number of alkyl halides is 1. The van der Waals surface area contributed by atoms with Crippen LogP contribution in [0.5, 0.6) is 0 Å². The Morgan fingerprint density at radius 1 is 1.17 bits per heavy atom. The first-order valence-electron chi connectivity index (χ1n) is 5.78. The van der Waals surface area contributed by atoms with Crippen molar-refractivity contribution in [2.75, 3.05) is 0 Å². The van der Waals surface area contributed by atoms with Crippen molar-refractivity contribution in [1.82, 2.24) is 0 Å². The monoisotopic (exact) mass is 404 g/mol. The standard InChI is InChI=1S/C14H11Br2ClS/c15-10-8-11(18-13(10)16)12(17)14(6-7-14)9-4-2-1-3-5-9/h1-5,8,12H,6-7H2. The Labute approximate surface area is 133 Å². The zero-order chi connectivity index (χ0) is 12.8. The molecular weight excluding hydrogens is 395 g/mol. The van der Waals surface area contributed by atoms with E-state index in [1.165, 1.54) is 23.3 Å². The minimum absolute atomic E-state index is 0.0625. The maximum Gasteiger partial charge on any atom is 0.0843 e. The van der Waals surface area contributed by atoms with E-state index in [-0.39, 0.29) is 10.8 Å². The highest BCUT2D eigenvalue weighted by Crippen LogP contribution is 2.60. The lowest BCUT2D eigenvalue weighted by Gasteiger charge is -2.21. The SMILES string of the molecule is ClC(c1cc(Br)c(Br)s1)C1(c2ccccc2)CC1. The highest BCUT2D eigenvalue weighted by molar-refractivity contribution is 9.13. The quantitative estimate of drug-likeness (QED) is 0.526. The molecule has 0 spiro atoms. The van der Waals surface area contributed by atoms with Crippen molar-refractivity contribution >= 4 is 54.8 Å². The van der Waals surface area contributed by atoms with Gasteiger partial charge in [-0.3, -0.25) is 0 Å². The molecule has 3 rings (SSSR count). The molecule has 0 nitrogen and oxygen atoms in total. The molecule has 4 heteroatoms. The average Bonchev–Trinajstić information content (AvgIpc) is 3.13. The van der Waals surface area contributed by atoms with Crippen molar-refractivity contribution in [2.24, 2.45) is 0 Å². The molecule has 0 bridgehead atoms. The summed E-state index contributed by atoms with van der Waals surface area (Å²) in [5.74, 6) is 0. The Balaban J connectivity index is 1.95. The lowest BCUT2D eigenvalue weighted by Crippen LogP contribution is -2.12. The van der Waals surface area contributed by atoms with Crippen molar-refractivity contribution in [3.63, 3.8) is 0 Å². The summed E-state index contributed by atoms with van der Waals surface area (Å²) >= 11 is 15.5. The molecule has 1 atom stereocenters. The van der Waals surface area contributed by atoms with Gasteiger partial charge in [-0.15, -0.1) is 22.9 Å². The normalized spacial score (nSPS) is 18.6. The molecule has 0 saturated heterocycles. The van der Waals surface area contributed by atoms with E-state index in [4.69, 9.17) is 11.6 Å². The van der Waals surface area contributed by atoms with Crippen LogP contribution in [0, 0.1) is 0 Å². The second-order valence-corrected chi connectivity index (χ2v) is 8.35.